The topological polar surface area (TPSA) is 38.8 Å². The summed E-state index contributed by atoms with van der Waals surface area (Å²) in [6, 6.07) is 1.92. The summed E-state index contributed by atoms with van der Waals surface area (Å²) in [7, 11) is -1.01. The van der Waals surface area contributed by atoms with Crippen molar-refractivity contribution in [2.24, 2.45) is 5.89 Å². The molecule has 0 N–H and O–H groups in total. The molecule has 1 aromatic carbocycles. The summed E-state index contributed by atoms with van der Waals surface area (Å²) in [6.45, 7) is 0.394. The second-order valence-corrected chi connectivity index (χ2v) is 6.48. The van der Waals surface area contributed by atoms with E-state index < -0.39 is 42.6 Å². The summed E-state index contributed by atoms with van der Waals surface area (Å²) in [5.74, 6) is -2.17. The average molecular weight is 306 g/mol. The van der Waals surface area contributed by atoms with Gasteiger partial charge in [0.05, 0.1) is 12.5 Å². The molecule has 0 aromatic heterocycles. The van der Waals surface area contributed by atoms with Crippen LogP contribution in [0.25, 0.3) is 0 Å². The number of ether oxygens (including phenoxy) is 2. The Morgan fingerprint density at radius 2 is 2.50 bits per heavy atom. The van der Waals surface area contributed by atoms with Crippen LogP contribution in [0, 0.1) is 5.89 Å². The number of piperidine rings is 1. The van der Waals surface area contributed by atoms with Crippen LogP contribution in [0.3, 0.4) is 0 Å². The van der Waals surface area contributed by atoms with Gasteiger partial charge in [-0.05, 0) is 50.3 Å². The fraction of sp³-hybridized carbons (Fsp3) is 0.611. The van der Waals surface area contributed by atoms with E-state index in [0.717, 1.165) is 0 Å². The van der Waals surface area contributed by atoms with E-state index >= 15 is 0 Å². The van der Waals surface area contributed by atoms with Crippen molar-refractivity contribution in [1.29, 1.82) is 0 Å². The molecule has 22 heavy (non-hydrogen) atoms. The van der Waals surface area contributed by atoms with Gasteiger partial charge in [-0.1, -0.05) is 6.07 Å². The number of hydrogen-bond acceptors (Lipinski definition) is 4. The molecule has 2 aliphatic heterocycles. The fourth-order valence-electron chi connectivity index (χ4n) is 4.62. The number of likely N-dealkylation sites (N-methyl/N-ethyl adjacent to an activating group) is 1. The van der Waals surface area contributed by atoms with Crippen molar-refractivity contribution in [2.75, 3.05) is 20.6 Å². The first kappa shape index (κ1) is 7.82. The summed E-state index contributed by atoms with van der Waals surface area (Å²) in [4.78, 5) is 14.8. The van der Waals surface area contributed by atoms with E-state index in [4.69, 9.17) is 17.7 Å². The van der Waals surface area contributed by atoms with Gasteiger partial charge in [0.2, 0.25) is 0 Å². The van der Waals surface area contributed by atoms with Gasteiger partial charge >= 0.3 is 0 Å². The molecule has 1 saturated heterocycles. The lowest BCUT2D eigenvalue weighted by atomic mass is 9.52. The number of ketones is 1. The Hall–Kier alpha value is -1.55. The molecule has 1 saturated carbocycles. The van der Waals surface area contributed by atoms with Crippen LogP contribution < -0.4 is 9.47 Å². The first-order chi connectivity index (χ1) is 13.3. The monoisotopic (exact) mass is 306 g/mol. The minimum absolute atomic E-state index is 0.0616. The SMILES string of the molecule is [2H]C([2H])([2H])Oc1ccc2c3c1OC1([2H])C(=O)CC[C@@]4([2H])[C@H](N(C)CC[C@]314)C2([2H])[2H]. The lowest BCUT2D eigenvalue weighted by molar-refractivity contribution is -0.138. The second-order valence-electron chi connectivity index (χ2n) is 6.48. The largest absolute Gasteiger partial charge is 0.493 e. The number of methoxy groups -OCH3 is 1. The van der Waals surface area contributed by atoms with Crippen LogP contribution in [0.2, 0.25) is 0 Å². The van der Waals surface area contributed by atoms with Gasteiger partial charge in [-0.15, -0.1) is 0 Å². The van der Waals surface area contributed by atoms with Crippen molar-refractivity contribution in [2.45, 2.75) is 43.2 Å². The maximum atomic E-state index is 13.0. The van der Waals surface area contributed by atoms with E-state index in [9.17, 15) is 6.17 Å². The first-order valence-electron chi connectivity index (χ1n) is 11.1. The summed E-state index contributed by atoms with van der Waals surface area (Å²) >= 11 is 0. The molecular formula is C18H21NO3. The van der Waals surface area contributed by atoms with Gasteiger partial charge in [0, 0.05) is 27.6 Å². The number of Topliss-reactive ketones (excluding diaryl/α,β-unsaturated/α-hetero) is 1. The van der Waals surface area contributed by atoms with E-state index in [2.05, 4.69) is 0 Å². The van der Waals surface area contributed by atoms with Crippen LogP contribution in [0.4, 0.5) is 0 Å². The molecule has 4 nitrogen and oxygen atoms in total. The molecule has 4 aliphatic rings. The molecule has 1 spiro atoms. The highest BCUT2D eigenvalue weighted by Crippen LogP contribution is 2.62. The van der Waals surface area contributed by atoms with Crippen LogP contribution in [0.5, 0.6) is 11.5 Å². The zero-order valence-corrected chi connectivity index (χ0v) is 12.2. The van der Waals surface area contributed by atoms with Gasteiger partial charge in [-0.3, -0.25) is 4.79 Å². The highest BCUT2D eigenvalue weighted by atomic mass is 16.5. The maximum absolute atomic E-state index is 13.0. The lowest BCUT2D eigenvalue weighted by Gasteiger charge is -2.57. The summed E-state index contributed by atoms with van der Waals surface area (Å²) in [5, 5.41) is 0. The maximum Gasteiger partial charge on any atom is 0.174 e. The molecule has 2 heterocycles. The van der Waals surface area contributed by atoms with Gasteiger partial charge in [0.15, 0.2) is 23.4 Å². The summed E-state index contributed by atoms with van der Waals surface area (Å²) in [5.41, 5.74) is -0.864. The smallest absolute Gasteiger partial charge is 0.174 e. The Balaban J connectivity index is 1.89. The highest BCUT2D eigenvalue weighted by Gasteiger charge is 2.65. The minimum atomic E-state index is -2.78. The standard InChI is InChI=1S/C18H21NO3/c1-19-8-7-18-11-4-5-13(20)17(18)22-16-14(21-2)6-3-10(15(16)18)9-12(11)19/h3,6,11-12,17H,4-5,7-9H2,1-2H3/t11-,12+,17?,18-/m0/s1/i2D3,9D2,11D,17D. The fourth-order valence-corrected chi connectivity index (χ4v) is 4.62. The molecule has 5 rings (SSSR count). The normalized spacial score (nSPS) is 52.7. The number of rotatable bonds is 1. The molecule has 2 bridgehead atoms. The molecule has 2 fully saturated rings. The predicted octanol–water partition coefficient (Wildman–Crippen LogP) is 1.93. The van der Waals surface area contributed by atoms with Gasteiger partial charge in [-0.25, -0.2) is 0 Å². The molecule has 1 unspecified atom stereocenters. The lowest BCUT2D eigenvalue weighted by Crippen LogP contribution is -2.65. The van der Waals surface area contributed by atoms with Gasteiger partial charge in [0.25, 0.3) is 0 Å². The number of carbonyl (C=O) groups excluding carboxylic acids is 1. The Labute approximate surface area is 140 Å². The molecule has 4 heteroatoms. The van der Waals surface area contributed by atoms with E-state index in [1.54, 1.807) is 7.05 Å². The van der Waals surface area contributed by atoms with Gasteiger partial charge < -0.3 is 14.4 Å². The van der Waals surface area contributed by atoms with E-state index in [0.29, 0.717) is 6.54 Å². The Morgan fingerprint density at radius 1 is 1.59 bits per heavy atom. The van der Waals surface area contributed by atoms with Crippen LogP contribution >= 0.6 is 0 Å². The number of likely N-dealkylation sites (tertiary alicyclic amines) is 1. The molecular weight excluding hydrogens is 278 g/mol. The van der Waals surface area contributed by atoms with Crippen molar-refractivity contribution in [3.8, 4) is 11.5 Å². The zero-order valence-electron chi connectivity index (χ0n) is 19.2. The van der Waals surface area contributed by atoms with Crippen LogP contribution in [-0.2, 0) is 16.6 Å². The van der Waals surface area contributed by atoms with Crippen LogP contribution in [0.1, 0.15) is 40.0 Å². The average Bonchev–Trinajstić information content (AvgIpc) is 2.86. The number of nitrogens with zero attached hydrogens (tertiary/aromatic N) is 1. The summed E-state index contributed by atoms with van der Waals surface area (Å²) in [6.07, 6.45) is -3.72. The van der Waals surface area contributed by atoms with Gasteiger partial charge in [-0.2, -0.15) is 0 Å². The predicted molar refractivity (Wildman–Crippen MR) is 81.6 cm³/mol. The number of hydrogen-bond donors (Lipinski definition) is 0. The van der Waals surface area contributed by atoms with Crippen LogP contribution in [0.15, 0.2) is 12.1 Å². The van der Waals surface area contributed by atoms with Crippen molar-refractivity contribution in [3.63, 3.8) is 0 Å². The molecule has 1 aromatic rings. The second kappa shape index (κ2) is 4.05. The third-order valence-electron chi connectivity index (χ3n) is 5.58. The van der Waals surface area contributed by atoms with E-state index in [1.165, 1.54) is 12.1 Å². The molecule has 0 radical (unpaired) electrons. The van der Waals surface area contributed by atoms with Crippen molar-refractivity contribution < 1.29 is 23.9 Å². The molecule has 2 aliphatic carbocycles. The third-order valence-corrected chi connectivity index (χ3v) is 5.58. The zero-order chi connectivity index (χ0) is 21.2. The molecule has 4 atom stereocenters. The van der Waals surface area contributed by atoms with E-state index in [-0.39, 0.29) is 41.9 Å². The van der Waals surface area contributed by atoms with Crippen molar-refractivity contribution in [3.05, 3.63) is 23.3 Å². The highest BCUT2D eigenvalue weighted by molar-refractivity contribution is 5.89. The molecule has 0 amide bonds. The Morgan fingerprint density at radius 3 is 3.36 bits per heavy atom. The van der Waals surface area contributed by atoms with Gasteiger partial charge in [0.1, 0.15) is 0 Å². The van der Waals surface area contributed by atoms with Crippen molar-refractivity contribution >= 4 is 5.78 Å². The quantitative estimate of drug-likeness (QED) is 0.795. The number of carbonyl (C=O) groups is 1. The third kappa shape index (κ3) is 1.27. The van der Waals surface area contributed by atoms with Crippen molar-refractivity contribution in [1.82, 2.24) is 4.90 Å². The number of benzene rings is 1. The molecule has 116 valence electrons. The Kier molecular flexibility index (Phi) is 1.44. The van der Waals surface area contributed by atoms with E-state index in [1.807, 2.05) is 4.90 Å². The minimum Gasteiger partial charge on any atom is -0.493 e. The summed E-state index contributed by atoms with van der Waals surface area (Å²) < 4.78 is 69.6. The first-order valence-corrected chi connectivity index (χ1v) is 7.59. The Bertz CT molecular complexity index is 950. The van der Waals surface area contributed by atoms with Crippen LogP contribution in [-0.4, -0.2) is 43.4 Å².